The average molecular weight is 377 g/mol. The van der Waals surface area contributed by atoms with Crippen LogP contribution in [0.1, 0.15) is 37.6 Å². The maximum atomic E-state index is 11.6. The number of rotatable bonds is 6. The number of allylic oxidation sites excluding steroid dienone is 4. The molecule has 2 heterocycles. The van der Waals surface area contributed by atoms with E-state index in [1.165, 1.54) is 11.8 Å². The fraction of sp³-hybridized carbons (Fsp3) is 0.190. The summed E-state index contributed by atoms with van der Waals surface area (Å²) < 4.78 is 0.731. The second kappa shape index (κ2) is 7.99. The van der Waals surface area contributed by atoms with Gasteiger partial charge in [0.15, 0.2) is 0 Å². The summed E-state index contributed by atoms with van der Waals surface area (Å²) >= 11 is 1.22. The molecule has 5 nitrogen and oxygen atoms in total. The maximum Gasteiger partial charge on any atom is 0.319 e. The molecule has 0 saturated heterocycles. The Hall–Kier alpha value is -3.22. The van der Waals surface area contributed by atoms with E-state index in [1.807, 2.05) is 19.1 Å². The lowest BCUT2D eigenvalue weighted by molar-refractivity contribution is -0.138. The standard InChI is InChI=1S/C21H19N3O2S/c1-5-7-19(27-21(3,4)20(25)26)16(6-2)17-9-8-15(12-23)18-10-14(11-22)13-24(17)18/h5-10,13H,2H2,1,3-4H3,(H,25,26)/b7-5-,19-16-. The second-order valence-corrected chi connectivity index (χ2v) is 7.90. The van der Waals surface area contributed by atoms with Gasteiger partial charge < -0.3 is 9.51 Å². The van der Waals surface area contributed by atoms with Crippen molar-refractivity contribution in [2.75, 3.05) is 0 Å². The Labute approximate surface area is 162 Å². The number of carboxylic acids is 1. The van der Waals surface area contributed by atoms with Gasteiger partial charge in [0.05, 0.1) is 22.3 Å². The van der Waals surface area contributed by atoms with E-state index in [0.717, 1.165) is 16.2 Å². The van der Waals surface area contributed by atoms with Gasteiger partial charge in [0.1, 0.15) is 16.9 Å². The van der Waals surface area contributed by atoms with Crippen molar-refractivity contribution in [2.24, 2.45) is 0 Å². The minimum atomic E-state index is -1.04. The van der Waals surface area contributed by atoms with Crippen molar-refractivity contribution in [1.29, 1.82) is 10.5 Å². The Kier molecular flexibility index (Phi) is 5.95. The van der Waals surface area contributed by atoms with E-state index in [4.69, 9.17) is 0 Å². The molecule has 6 heteroatoms. The molecule has 0 aromatic carbocycles. The number of thioether (sulfide) groups is 1. The van der Waals surface area contributed by atoms with Crippen LogP contribution in [-0.4, -0.2) is 20.2 Å². The van der Waals surface area contributed by atoms with Gasteiger partial charge in [0.2, 0.25) is 0 Å². The largest absolute Gasteiger partial charge is 0.480 e. The summed E-state index contributed by atoms with van der Waals surface area (Å²) in [6.45, 7) is 9.03. The molecule has 2 aromatic rings. The third-order valence-corrected chi connectivity index (χ3v) is 5.22. The van der Waals surface area contributed by atoms with Crippen molar-refractivity contribution in [3.8, 4) is 12.1 Å². The molecule has 0 amide bonds. The van der Waals surface area contributed by atoms with E-state index >= 15 is 0 Å². The Balaban J connectivity index is 2.81. The zero-order valence-electron chi connectivity index (χ0n) is 15.4. The molecule has 1 N–H and O–H groups in total. The molecule has 0 atom stereocenters. The highest BCUT2D eigenvalue weighted by atomic mass is 32.2. The van der Waals surface area contributed by atoms with E-state index in [9.17, 15) is 20.4 Å². The molecule has 2 rings (SSSR count). The van der Waals surface area contributed by atoms with Gasteiger partial charge >= 0.3 is 5.97 Å². The topological polar surface area (TPSA) is 89.3 Å². The number of aromatic nitrogens is 1. The van der Waals surface area contributed by atoms with E-state index in [1.54, 1.807) is 48.7 Å². The van der Waals surface area contributed by atoms with E-state index in [2.05, 4.69) is 18.7 Å². The number of aliphatic carboxylic acids is 1. The van der Waals surface area contributed by atoms with E-state index in [0.29, 0.717) is 16.6 Å². The van der Waals surface area contributed by atoms with Crippen molar-refractivity contribution < 1.29 is 9.90 Å². The van der Waals surface area contributed by atoms with Crippen molar-refractivity contribution in [3.05, 3.63) is 70.9 Å². The normalized spacial score (nSPS) is 12.5. The fourth-order valence-corrected chi connectivity index (χ4v) is 3.69. The molecule has 0 spiro atoms. The Morgan fingerprint density at radius 3 is 2.56 bits per heavy atom. The first kappa shape index (κ1) is 20.1. The molecule has 0 bridgehead atoms. The molecule has 0 fully saturated rings. The smallest absolute Gasteiger partial charge is 0.319 e. The highest BCUT2D eigenvalue weighted by Crippen LogP contribution is 2.38. The summed E-state index contributed by atoms with van der Waals surface area (Å²) in [5.41, 5.74) is 2.96. The van der Waals surface area contributed by atoms with Gasteiger partial charge in [-0.05, 0) is 39.0 Å². The summed E-state index contributed by atoms with van der Waals surface area (Å²) in [6.07, 6.45) is 6.99. The lowest BCUT2D eigenvalue weighted by atomic mass is 10.1. The molecule has 136 valence electrons. The lowest BCUT2D eigenvalue weighted by Gasteiger charge is -2.21. The van der Waals surface area contributed by atoms with Gasteiger partial charge in [0.25, 0.3) is 0 Å². The average Bonchev–Trinajstić information content (AvgIpc) is 3.06. The summed E-state index contributed by atoms with van der Waals surface area (Å²) in [7, 11) is 0. The minimum Gasteiger partial charge on any atom is -0.480 e. The molecule has 0 aliphatic rings. The van der Waals surface area contributed by atoms with Crippen molar-refractivity contribution in [1.82, 2.24) is 4.40 Å². The fourth-order valence-electron chi connectivity index (χ4n) is 2.55. The third-order valence-electron chi connectivity index (χ3n) is 3.96. The number of nitrogens with zero attached hydrogens (tertiary/aromatic N) is 3. The number of carbonyl (C=O) groups is 1. The summed E-state index contributed by atoms with van der Waals surface area (Å²) in [5.74, 6) is -0.921. The van der Waals surface area contributed by atoms with Gasteiger partial charge in [-0.25, -0.2) is 0 Å². The Morgan fingerprint density at radius 1 is 1.33 bits per heavy atom. The lowest BCUT2D eigenvalue weighted by Crippen LogP contribution is -2.27. The SMILES string of the molecule is C=C/C(=C(\C=C/C)SC(C)(C)C(=O)O)c1ccc(C#N)c2cc(C#N)cn12. The number of pyridine rings is 1. The van der Waals surface area contributed by atoms with Gasteiger partial charge in [-0.15, -0.1) is 11.8 Å². The zero-order chi connectivity index (χ0) is 20.2. The molecular formula is C21H19N3O2S. The summed E-state index contributed by atoms with van der Waals surface area (Å²) in [6, 6.07) is 9.35. The van der Waals surface area contributed by atoms with Crippen LogP contribution < -0.4 is 0 Å². The van der Waals surface area contributed by atoms with Gasteiger partial charge in [0, 0.05) is 16.7 Å². The van der Waals surface area contributed by atoms with Crippen LogP contribution in [0.5, 0.6) is 0 Å². The van der Waals surface area contributed by atoms with Gasteiger partial charge in [-0.2, -0.15) is 10.5 Å². The van der Waals surface area contributed by atoms with Crippen molar-refractivity contribution >= 4 is 28.8 Å². The second-order valence-electron chi connectivity index (χ2n) is 6.24. The monoisotopic (exact) mass is 377 g/mol. The predicted octanol–water partition coefficient (Wildman–Crippen LogP) is 4.75. The molecule has 27 heavy (non-hydrogen) atoms. The first-order valence-corrected chi connectivity index (χ1v) is 8.98. The summed E-state index contributed by atoms with van der Waals surface area (Å²) in [5, 5.41) is 28.1. The summed E-state index contributed by atoms with van der Waals surface area (Å²) in [4.78, 5) is 12.3. The van der Waals surface area contributed by atoms with Crippen LogP contribution in [-0.2, 0) is 4.79 Å². The predicted molar refractivity (Wildman–Crippen MR) is 108 cm³/mol. The number of hydrogen-bond donors (Lipinski definition) is 1. The molecule has 2 aromatic heterocycles. The zero-order valence-corrected chi connectivity index (χ0v) is 16.2. The quantitative estimate of drug-likeness (QED) is 0.734. The number of nitriles is 2. The van der Waals surface area contributed by atoms with Crippen LogP contribution in [0.25, 0.3) is 11.1 Å². The van der Waals surface area contributed by atoms with Crippen molar-refractivity contribution in [2.45, 2.75) is 25.5 Å². The van der Waals surface area contributed by atoms with Gasteiger partial charge in [-0.1, -0.05) is 24.8 Å². The molecular weight excluding hydrogens is 358 g/mol. The highest BCUT2D eigenvalue weighted by Gasteiger charge is 2.30. The third kappa shape index (κ3) is 3.97. The van der Waals surface area contributed by atoms with Crippen LogP contribution in [0, 0.1) is 22.7 Å². The first-order valence-electron chi connectivity index (χ1n) is 8.16. The van der Waals surface area contributed by atoms with Crippen LogP contribution in [0.3, 0.4) is 0 Å². The van der Waals surface area contributed by atoms with Crippen LogP contribution >= 0.6 is 11.8 Å². The van der Waals surface area contributed by atoms with E-state index < -0.39 is 10.7 Å². The Bertz CT molecular complexity index is 1060. The maximum absolute atomic E-state index is 11.6. The number of hydrogen-bond acceptors (Lipinski definition) is 4. The molecule has 0 radical (unpaired) electrons. The number of carboxylic acid groups (broad SMARTS) is 1. The van der Waals surface area contributed by atoms with Crippen LogP contribution in [0.15, 0.2) is 54.1 Å². The Morgan fingerprint density at radius 2 is 2.04 bits per heavy atom. The van der Waals surface area contributed by atoms with Crippen molar-refractivity contribution in [3.63, 3.8) is 0 Å². The highest BCUT2D eigenvalue weighted by molar-refractivity contribution is 8.05. The van der Waals surface area contributed by atoms with E-state index in [-0.39, 0.29) is 0 Å². The van der Waals surface area contributed by atoms with Crippen LogP contribution in [0.4, 0.5) is 0 Å². The van der Waals surface area contributed by atoms with Crippen LogP contribution in [0.2, 0.25) is 0 Å². The molecule has 0 unspecified atom stereocenters. The molecule has 0 aliphatic carbocycles. The minimum absolute atomic E-state index is 0.438. The molecule has 0 saturated carbocycles. The number of fused-ring (bicyclic) bond motifs is 1. The first-order chi connectivity index (χ1) is 12.8. The van der Waals surface area contributed by atoms with Gasteiger partial charge in [-0.3, -0.25) is 4.79 Å². The molecule has 0 aliphatic heterocycles.